The molecule has 0 saturated carbocycles. The van der Waals surface area contributed by atoms with Crippen molar-refractivity contribution >= 4 is 11.8 Å². The Morgan fingerprint density at radius 3 is 2.56 bits per heavy atom. The number of ether oxygens (including phenoxy) is 1. The lowest BCUT2D eigenvalue weighted by molar-refractivity contribution is -0.123. The van der Waals surface area contributed by atoms with E-state index in [4.69, 9.17) is 4.74 Å². The number of imidazole rings is 1. The van der Waals surface area contributed by atoms with Crippen LogP contribution in [0.2, 0.25) is 0 Å². The standard InChI is InChI=1S/C20H20N4O3/c1-14-8-9-17(10-15(14)2)27-12-19(25)22-23-20(26)18-11-21-13-24(18)16-6-4-3-5-7-16/h3-11,13H,12H2,1-2H3,(H,22,25)(H,23,26). The third kappa shape index (κ3) is 4.52. The number of amides is 2. The van der Waals surface area contributed by atoms with Crippen LogP contribution in [0.15, 0.2) is 61.1 Å². The van der Waals surface area contributed by atoms with Crippen LogP contribution in [0.3, 0.4) is 0 Å². The van der Waals surface area contributed by atoms with E-state index in [0.29, 0.717) is 11.4 Å². The number of hydrazine groups is 1. The number of nitrogens with zero attached hydrogens (tertiary/aromatic N) is 2. The molecule has 1 heterocycles. The molecular weight excluding hydrogens is 344 g/mol. The number of hydrogen-bond acceptors (Lipinski definition) is 4. The third-order valence-corrected chi connectivity index (χ3v) is 4.07. The van der Waals surface area contributed by atoms with Gasteiger partial charge in [-0.3, -0.25) is 25.0 Å². The molecule has 7 heteroatoms. The Labute approximate surface area is 157 Å². The summed E-state index contributed by atoms with van der Waals surface area (Å²) in [5.74, 6) is -0.343. The van der Waals surface area contributed by atoms with Gasteiger partial charge in [-0.05, 0) is 49.2 Å². The minimum absolute atomic E-state index is 0.208. The molecule has 2 amide bonds. The Kier molecular flexibility index (Phi) is 5.51. The van der Waals surface area contributed by atoms with Gasteiger partial charge in [0, 0.05) is 5.69 Å². The molecule has 0 atom stereocenters. The molecule has 7 nitrogen and oxygen atoms in total. The van der Waals surface area contributed by atoms with Gasteiger partial charge in [0.1, 0.15) is 11.4 Å². The first-order valence-electron chi connectivity index (χ1n) is 8.41. The molecule has 0 bridgehead atoms. The van der Waals surface area contributed by atoms with E-state index in [9.17, 15) is 9.59 Å². The quantitative estimate of drug-likeness (QED) is 0.681. The van der Waals surface area contributed by atoms with Crippen molar-refractivity contribution in [1.82, 2.24) is 20.4 Å². The lowest BCUT2D eigenvalue weighted by Gasteiger charge is -2.11. The van der Waals surface area contributed by atoms with E-state index in [1.165, 1.54) is 12.5 Å². The molecule has 0 spiro atoms. The Hall–Kier alpha value is -3.61. The van der Waals surface area contributed by atoms with Crippen LogP contribution in [0.4, 0.5) is 0 Å². The first-order valence-corrected chi connectivity index (χ1v) is 8.41. The number of benzene rings is 2. The number of hydrogen-bond donors (Lipinski definition) is 2. The highest BCUT2D eigenvalue weighted by Gasteiger charge is 2.14. The molecular formula is C20H20N4O3. The second kappa shape index (κ2) is 8.18. The smallest absolute Gasteiger partial charge is 0.288 e. The Morgan fingerprint density at radius 2 is 1.81 bits per heavy atom. The van der Waals surface area contributed by atoms with Gasteiger partial charge in [-0.1, -0.05) is 24.3 Å². The first kappa shape index (κ1) is 18.2. The Morgan fingerprint density at radius 1 is 1.04 bits per heavy atom. The second-order valence-electron chi connectivity index (χ2n) is 6.02. The summed E-state index contributed by atoms with van der Waals surface area (Å²) in [4.78, 5) is 28.3. The monoisotopic (exact) mass is 364 g/mol. The van der Waals surface area contributed by atoms with Gasteiger partial charge in [0.15, 0.2) is 6.61 Å². The molecule has 0 aliphatic rings. The molecule has 0 radical (unpaired) electrons. The predicted molar refractivity (Wildman–Crippen MR) is 101 cm³/mol. The molecule has 138 valence electrons. The lowest BCUT2D eigenvalue weighted by Crippen LogP contribution is -2.44. The van der Waals surface area contributed by atoms with E-state index in [0.717, 1.165) is 16.8 Å². The maximum absolute atomic E-state index is 12.3. The average Bonchev–Trinajstić information content (AvgIpc) is 3.17. The summed E-state index contributed by atoms with van der Waals surface area (Å²) in [6, 6.07) is 14.9. The van der Waals surface area contributed by atoms with Gasteiger partial charge in [-0.15, -0.1) is 0 Å². The highest BCUT2D eigenvalue weighted by Crippen LogP contribution is 2.16. The maximum Gasteiger partial charge on any atom is 0.288 e. The van der Waals surface area contributed by atoms with E-state index >= 15 is 0 Å². The normalized spacial score (nSPS) is 10.3. The third-order valence-electron chi connectivity index (χ3n) is 4.07. The molecule has 3 rings (SSSR count). The van der Waals surface area contributed by atoms with Crippen LogP contribution in [0.5, 0.6) is 5.75 Å². The van der Waals surface area contributed by atoms with E-state index in [2.05, 4.69) is 15.8 Å². The zero-order chi connectivity index (χ0) is 19.2. The fourth-order valence-corrected chi connectivity index (χ4v) is 2.44. The van der Waals surface area contributed by atoms with Crippen LogP contribution in [0, 0.1) is 13.8 Å². The van der Waals surface area contributed by atoms with Gasteiger partial charge < -0.3 is 4.74 Å². The van der Waals surface area contributed by atoms with Gasteiger partial charge in [-0.2, -0.15) is 0 Å². The summed E-state index contributed by atoms with van der Waals surface area (Å²) < 4.78 is 7.07. The Balaban J connectivity index is 1.54. The van der Waals surface area contributed by atoms with E-state index in [1.54, 1.807) is 10.6 Å². The van der Waals surface area contributed by atoms with Crippen LogP contribution >= 0.6 is 0 Å². The van der Waals surface area contributed by atoms with Crippen molar-refractivity contribution in [3.05, 3.63) is 77.9 Å². The fraction of sp³-hybridized carbons (Fsp3) is 0.150. The number of carbonyl (C=O) groups excluding carboxylic acids is 2. The number of carbonyl (C=O) groups is 2. The topological polar surface area (TPSA) is 85.2 Å². The van der Waals surface area contributed by atoms with Gasteiger partial charge >= 0.3 is 0 Å². The molecule has 0 aliphatic heterocycles. The molecule has 0 fully saturated rings. The number of aryl methyl sites for hydroxylation is 2. The van der Waals surface area contributed by atoms with Crippen LogP contribution in [0.1, 0.15) is 21.6 Å². The number of nitrogens with one attached hydrogen (secondary N) is 2. The summed E-state index contributed by atoms with van der Waals surface area (Å²) in [5, 5.41) is 0. The van der Waals surface area contributed by atoms with Crippen molar-refractivity contribution in [2.24, 2.45) is 0 Å². The van der Waals surface area contributed by atoms with Crippen LogP contribution in [-0.4, -0.2) is 28.0 Å². The van der Waals surface area contributed by atoms with Crippen molar-refractivity contribution in [2.75, 3.05) is 6.61 Å². The summed E-state index contributed by atoms with van der Waals surface area (Å²) in [6.45, 7) is 3.76. The number of para-hydroxylation sites is 1. The zero-order valence-corrected chi connectivity index (χ0v) is 15.1. The number of aromatic nitrogens is 2. The fourth-order valence-electron chi connectivity index (χ4n) is 2.44. The zero-order valence-electron chi connectivity index (χ0n) is 15.1. The van der Waals surface area contributed by atoms with Crippen molar-refractivity contribution in [3.8, 4) is 11.4 Å². The molecule has 0 saturated heterocycles. The molecule has 2 N–H and O–H groups in total. The van der Waals surface area contributed by atoms with Crippen LogP contribution in [0.25, 0.3) is 5.69 Å². The van der Waals surface area contributed by atoms with E-state index < -0.39 is 11.8 Å². The Bertz CT molecular complexity index is 951. The molecule has 0 unspecified atom stereocenters. The van der Waals surface area contributed by atoms with Crippen LogP contribution in [-0.2, 0) is 4.79 Å². The van der Waals surface area contributed by atoms with Crippen molar-refractivity contribution in [1.29, 1.82) is 0 Å². The van der Waals surface area contributed by atoms with Crippen molar-refractivity contribution in [2.45, 2.75) is 13.8 Å². The number of rotatable bonds is 5. The first-order chi connectivity index (χ1) is 13.0. The molecule has 27 heavy (non-hydrogen) atoms. The minimum Gasteiger partial charge on any atom is -0.484 e. The highest BCUT2D eigenvalue weighted by molar-refractivity contribution is 5.94. The maximum atomic E-state index is 12.3. The molecule has 3 aromatic rings. The molecule has 0 aliphatic carbocycles. The highest BCUT2D eigenvalue weighted by atomic mass is 16.5. The van der Waals surface area contributed by atoms with E-state index in [-0.39, 0.29) is 6.61 Å². The van der Waals surface area contributed by atoms with Gasteiger partial charge in [0.25, 0.3) is 11.8 Å². The summed E-state index contributed by atoms with van der Waals surface area (Å²) >= 11 is 0. The van der Waals surface area contributed by atoms with E-state index in [1.807, 2.05) is 56.3 Å². The van der Waals surface area contributed by atoms with Gasteiger partial charge in [0.05, 0.1) is 12.5 Å². The summed E-state index contributed by atoms with van der Waals surface area (Å²) in [6.07, 6.45) is 2.97. The SMILES string of the molecule is Cc1ccc(OCC(=O)NNC(=O)c2cncn2-c2ccccc2)cc1C. The largest absolute Gasteiger partial charge is 0.484 e. The molecule has 2 aromatic carbocycles. The summed E-state index contributed by atoms with van der Waals surface area (Å²) in [5.41, 5.74) is 8.04. The minimum atomic E-state index is -0.476. The average molecular weight is 364 g/mol. The summed E-state index contributed by atoms with van der Waals surface area (Å²) in [7, 11) is 0. The second-order valence-corrected chi connectivity index (χ2v) is 6.02. The van der Waals surface area contributed by atoms with Crippen molar-refractivity contribution in [3.63, 3.8) is 0 Å². The predicted octanol–water partition coefficient (Wildman–Crippen LogP) is 2.33. The van der Waals surface area contributed by atoms with Crippen LogP contribution < -0.4 is 15.6 Å². The van der Waals surface area contributed by atoms with Gasteiger partial charge in [-0.25, -0.2) is 4.98 Å². The lowest BCUT2D eigenvalue weighted by atomic mass is 10.1. The molecule has 1 aromatic heterocycles. The van der Waals surface area contributed by atoms with Crippen molar-refractivity contribution < 1.29 is 14.3 Å². The van der Waals surface area contributed by atoms with Gasteiger partial charge in [0.2, 0.25) is 0 Å².